The quantitative estimate of drug-likeness (QED) is 0.890. The molecule has 0 saturated carbocycles. The fourth-order valence-electron chi connectivity index (χ4n) is 2.57. The maximum atomic E-state index is 12.2. The van der Waals surface area contributed by atoms with E-state index < -0.39 is 21.8 Å². The molecule has 1 heterocycles. The van der Waals surface area contributed by atoms with Crippen molar-refractivity contribution in [2.75, 3.05) is 15.4 Å². The Balaban J connectivity index is 1.79. The Kier molecular flexibility index (Phi) is 4.53. The van der Waals surface area contributed by atoms with Crippen molar-refractivity contribution in [3.8, 4) is 0 Å². The second-order valence-electron chi connectivity index (χ2n) is 5.79. The molecule has 1 atom stereocenters. The molecule has 2 aromatic carbocycles. The molecule has 8 heteroatoms. The number of benzene rings is 2. The van der Waals surface area contributed by atoms with Crippen LogP contribution >= 0.6 is 11.6 Å². The minimum Gasteiger partial charge on any atom is -0.322 e. The Bertz CT molecular complexity index is 924. The molecule has 1 fully saturated rings. The Hall–Kier alpha value is -2.38. The summed E-state index contributed by atoms with van der Waals surface area (Å²) in [6.07, 6.45) is 0. The first kappa shape index (κ1) is 17.4. The average molecular weight is 379 g/mol. The maximum absolute atomic E-state index is 12.2. The number of anilines is 2. The molecule has 0 bridgehead atoms. The van der Waals surface area contributed by atoms with Crippen LogP contribution in [-0.4, -0.2) is 26.0 Å². The number of sulfonamides is 1. The summed E-state index contributed by atoms with van der Waals surface area (Å²) in [6.45, 7) is 1.58. The number of rotatable bonds is 3. The van der Waals surface area contributed by atoms with Crippen LogP contribution in [0.25, 0.3) is 0 Å². The van der Waals surface area contributed by atoms with Crippen LogP contribution in [0.2, 0.25) is 5.02 Å². The van der Waals surface area contributed by atoms with E-state index in [9.17, 15) is 18.0 Å². The highest BCUT2D eigenvalue weighted by molar-refractivity contribution is 7.94. The molecule has 0 spiro atoms. The van der Waals surface area contributed by atoms with Gasteiger partial charge in [0.1, 0.15) is 0 Å². The van der Waals surface area contributed by atoms with Crippen LogP contribution in [0.1, 0.15) is 17.3 Å². The lowest BCUT2D eigenvalue weighted by molar-refractivity contribution is -0.119. The maximum Gasteiger partial charge on any atom is 0.255 e. The van der Waals surface area contributed by atoms with Crippen molar-refractivity contribution in [1.29, 1.82) is 0 Å². The standard InChI is InChI=1S/C17H15ClN2O4S/c1-11-10-25(23,24)20(17(11)22)15-8-2-12(3-9-15)16(21)19-14-6-4-13(18)5-7-14/h2-9,11H,10H2,1H3,(H,19,21). The summed E-state index contributed by atoms with van der Waals surface area (Å²) in [6, 6.07) is 12.5. The van der Waals surface area contributed by atoms with Gasteiger partial charge in [0.2, 0.25) is 15.9 Å². The summed E-state index contributed by atoms with van der Waals surface area (Å²) in [7, 11) is -3.65. The zero-order chi connectivity index (χ0) is 18.2. The van der Waals surface area contributed by atoms with Crippen molar-refractivity contribution in [1.82, 2.24) is 0 Å². The number of carbonyl (C=O) groups excluding carboxylic acids is 2. The first-order chi connectivity index (χ1) is 11.8. The molecule has 1 saturated heterocycles. The number of carbonyl (C=O) groups is 2. The van der Waals surface area contributed by atoms with E-state index in [1.165, 1.54) is 24.3 Å². The van der Waals surface area contributed by atoms with Crippen molar-refractivity contribution in [3.05, 3.63) is 59.1 Å². The number of halogens is 1. The van der Waals surface area contributed by atoms with Gasteiger partial charge in [-0.1, -0.05) is 18.5 Å². The predicted molar refractivity (Wildman–Crippen MR) is 96.3 cm³/mol. The molecule has 1 unspecified atom stereocenters. The molecule has 2 amide bonds. The highest BCUT2D eigenvalue weighted by Gasteiger charge is 2.41. The minimum absolute atomic E-state index is 0.204. The lowest BCUT2D eigenvalue weighted by Crippen LogP contribution is -2.30. The highest BCUT2D eigenvalue weighted by Crippen LogP contribution is 2.28. The predicted octanol–water partition coefficient (Wildman–Crippen LogP) is 2.90. The normalized spacial score (nSPS) is 19.0. The van der Waals surface area contributed by atoms with Crippen LogP contribution in [0.5, 0.6) is 0 Å². The largest absolute Gasteiger partial charge is 0.322 e. The van der Waals surface area contributed by atoms with Crippen molar-refractivity contribution in [3.63, 3.8) is 0 Å². The van der Waals surface area contributed by atoms with Crippen LogP contribution in [0.4, 0.5) is 11.4 Å². The molecule has 6 nitrogen and oxygen atoms in total. The number of hydrogen-bond acceptors (Lipinski definition) is 4. The van der Waals surface area contributed by atoms with Crippen LogP contribution < -0.4 is 9.62 Å². The average Bonchev–Trinajstić information content (AvgIpc) is 2.77. The van der Waals surface area contributed by atoms with Crippen molar-refractivity contribution in [2.45, 2.75) is 6.92 Å². The van der Waals surface area contributed by atoms with Crippen LogP contribution in [0, 0.1) is 5.92 Å². The van der Waals surface area contributed by atoms with E-state index in [1.807, 2.05) is 0 Å². The smallest absolute Gasteiger partial charge is 0.255 e. The molecular formula is C17H15ClN2O4S. The highest BCUT2D eigenvalue weighted by atomic mass is 35.5. The molecule has 0 radical (unpaired) electrons. The zero-order valence-corrected chi connectivity index (χ0v) is 14.8. The molecule has 0 aliphatic carbocycles. The van der Waals surface area contributed by atoms with E-state index in [2.05, 4.69) is 5.32 Å². The summed E-state index contributed by atoms with van der Waals surface area (Å²) in [5.74, 6) is -1.58. The van der Waals surface area contributed by atoms with Crippen molar-refractivity contribution in [2.24, 2.45) is 5.92 Å². The van der Waals surface area contributed by atoms with Gasteiger partial charge in [0.05, 0.1) is 17.4 Å². The van der Waals surface area contributed by atoms with E-state index in [0.29, 0.717) is 16.3 Å². The van der Waals surface area contributed by atoms with E-state index >= 15 is 0 Å². The third-order valence-electron chi connectivity index (χ3n) is 3.83. The molecule has 25 heavy (non-hydrogen) atoms. The van der Waals surface area contributed by atoms with Gasteiger partial charge in [-0.05, 0) is 48.5 Å². The molecule has 1 N–H and O–H groups in total. The lowest BCUT2D eigenvalue weighted by Gasteiger charge is -2.15. The molecule has 130 valence electrons. The van der Waals surface area contributed by atoms with Gasteiger partial charge >= 0.3 is 0 Å². The summed E-state index contributed by atoms with van der Waals surface area (Å²) in [4.78, 5) is 24.3. The van der Waals surface area contributed by atoms with Gasteiger partial charge in [-0.3, -0.25) is 9.59 Å². The lowest BCUT2D eigenvalue weighted by atomic mass is 10.1. The van der Waals surface area contributed by atoms with Crippen LogP contribution in [0.3, 0.4) is 0 Å². The SMILES string of the molecule is CC1CS(=O)(=O)N(c2ccc(C(=O)Nc3ccc(Cl)cc3)cc2)C1=O. The van der Waals surface area contributed by atoms with Gasteiger partial charge < -0.3 is 5.32 Å². The van der Waals surface area contributed by atoms with Gasteiger partial charge in [-0.2, -0.15) is 0 Å². The Morgan fingerprint density at radius 2 is 1.72 bits per heavy atom. The summed E-state index contributed by atoms with van der Waals surface area (Å²) >= 11 is 5.80. The number of hydrogen-bond donors (Lipinski definition) is 1. The van der Waals surface area contributed by atoms with Crippen LogP contribution in [0.15, 0.2) is 48.5 Å². The molecular weight excluding hydrogens is 364 g/mol. The minimum atomic E-state index is -3.65. The third-order valence-corrected chi connectivity index (χ3v) is 5.95. The number of amides is 2. The van der Waals surface area contributed by atoms with Gasteiger partial charge in [0, 0.05) is 16.3 Å². The summed E-state index contributed by atoms with van der Waals surface area (Å²) in [5.41, 5.74) is 1.16. The first-order valence-electron chi connectivity index (χ1n) is 7.52. The van der Waals surface area contributed by atoms with E-state index in [4.69, 9.17) is 11.6 Å². The molecule has 1 aliphatic rings. The first-order valence-corrected chi connectivity index (χ1v) is 9.50. The second-order valence-corrected chi connectivity index (χ2v) is 8.09. The third kappa shape index (κ3) is 3.52. The topological polar surface area (TPSA) is 83.6 Å². The van der Waals surface area contributed by atoms with Crippen molar-refractivity contribution < 1.29 is 18.0 Å². The summed E-state index contributed by atoms with van der Waals surface area (Å²) in [5, 5.41) is 3.27. The van der Waals surface area contributed by atoms with Crippen molar-refractivity contribution >= 4 is 44.8 Å². The zero-order valence-electron chi connectivity index (χ0n) is 13.3. The fraction of sp³-hybridized carbons (Fsp3) is 0.176. The fourth-order valence-corrected chi connectivity index (χ4v) is 4.52. The van der Waals surface area contributed by atoms with E-state index in [1.54, 1.807) is 31.2 Å². The Morgan fingerprint density at radius 3 is 2.24 bits per heavy atom. The van der Waals surface area contributed by atoms with Gasteiger partial charge in [-0.25, -0.2) is 12.7 Å². The summed E-state index contributed by atoms with van der Waals surface area (Å²) < 4.78 is 25.0. The Morgan fingerprint density at radius 1 is 1.12 bits per heavy atom. The monoisotopic (exact) mass is 378 g/mol. The van der Waals surface area contributed by atoms with Gasteiger partial charge in [0.15, 0.2) is 0 Å². The van der Waals surface area contributed by atoms with Gasteiger partial charge in [-0.15, -0.1) is 0 Å². The van der Waals surface area contributed by atoms with E-state index in [-0.39, 0.29) is 17.3 Å². The molecule has 3 rings (SSSR count). The molecule has 2 aromatic rings. The van der Waals surface area contributed by atoms with E-state index in [0.717, 1.165) is 4.31 Å². The number of nitrogens with zero attached hydrogens (tertiary/aromatic N) is 1. The number of nitrogens with one attached hydrogen (secondary N) is 1. The molecule has 0 aromatic heterocycles. The Labute approximate surface area is 150 Å². The van der Waals surface area contributed by atoms with Crippen LogP contribution in [-0.2, 0) is 14.8 Å². The second kappa shape index (κ2) is 6.50. The molecule has 1 aliphatic heterocycles. The van der Waals surface area contributed by atoms with Gasteiger partial charge in [0.25, 0.3) is 5.91 Å².